The molecular weight excluding hydrogens is 370 g/mol. The number of nitro groups is 1. The number of carbonyl (C=O) groups excluding carboxylic acids is 1. The van der Waals surface area contributed by atoms with E-state index in [-0.39, 0.29) is 11.5 Å². The molecule has 10 nitrogen and oxygen atoms in total. The molecule has 28 heavy (non-hydrogen) atoms. The van der Waals surface area contributed by atoms with Crippen LogP contribution in [0.15, 0.2) is 50.4 Å². The quantitative estimate of drug-likeness (QED) is 0.390. The van der Waals surface area contributed by atoms with Crippen LogP contribution >= 0.6 is 0 Å². The molecule has 142 valence electrons. The topological polar surface area (TPSA) is 148 Å². The second-order valence-corrected chi connectivity index (χ2v) is 5.50. The predicted molar refractivity (Wildman–Crippen MR) is 98.7 cm³/mol. The average molecular weight is 383 g/mol. The minimum absolute atomic E-state index is 0.272. The molecule has 0 aliphatic heterocycles. The highest BCUT2D eigenvalue weighted by molar-refractivity contribution is 5.96. The van der Waals surface area contributed by atoms with Crippen molar-refractivity contribution in [1.82, 2.24) is 9.97 Å². The summed E-state index contributed by atoms with van der Waals surface area (Å²) in [5.74, 6) is 0.125. The zero-order valence-electron chi connectivity index (χ0n) is 14.4. The number of hydrogen-bond donors (Lipinski definition) is 2. The van der Waals surface area contributed by atoms with Crippen LogP contribution in [0.2, 0.25) is 0 Å². The molecule has 0 saturated carbocycles. The first kappa shape index (κ1) is 18.6. The van der Waals surface area contributed by atoms with E-state index < -0.39 is 27.8 Å². The summed E-state index contributed by atoms with van der Waals surface area (Å²) in [6, 6.07) is 9.85. The molecule has 3 rings (SSSR count). The van der Waals surface area contributed by atoms with Gasteiger partial charge in [-0.1, -0.05) is 18.2 Å². The number of nitrogens with one attached hydrogen (secondary N) is 2. The number of benzene rings is 1. The molecule has 2 heterocycles. The van der Waals surface area contributed by atoms with Gasteiger partial charge in [-0.25, -0.2) is 9.59 Å². The van der Waals surface area contributed by atoms with Crippen molar-refractivity contribution in [2.75, 3.05) is 7.11 Å². The largest absolute Gasteiger partial charge is 0.465 e. The Labute approximate surface area is 156 Å². The Kier molecular flexibility index (Phi) is 5.03. The number of furan rings is 1. The van der Waals surface area contributed by atoms with Crippen LogP contribution in [0, 0.1) is 10.1 Å². The SMILES string of the molecule is COC(=O)c1ccccc1-c1ccc(C=Cc2[nH]c(=O)[nH]c(=O)c2[N+](=O)[O-])o1. The zero-order chi connectivity index (χ0) is 20.3. The van der Waals surface area contributed by atoms with Gasteiger partial charge >= 0.3 is 22.9 Å². The molecule has 0 fully saturated rings. The van der Waals surface area contributed by atoms with Gasteiger partial charge in [0.15, 0.2) is 0 Å². The number of esters is 1. The summed E-state index contributed by atoms with van der Waals surface area (Å²) in [6.45, 7) is 0. The summed E-state index contributed by atoms with van der Waals surface area (Å²) in [5, 5.41) is 11.0. The van der Waals surface area contributed by atoms with Gasteiger partial charge in [0.25, 0.3) is 0 Å². The lowest BCUT2D eigenvalue weighted by atomic mass is 10.1. The number of nitrogens with zero attached hydrogens (tertiary/aromatic N) is 1. The molecule has 0 spiro atoms. The molecule has 0 unspecified atom stereocenters. The Hall–Kier alpha value is -4.21. The summed E-state index contributed by atoms with van der Waals surface area (Å²) in [5.41, 5.74) is -2.23. The van der Waals surface area contributed by atoms with E-state index >= 15 is 0 Å². The molecule has 0 radical (unpaired) electrons. The second kappa shape index (κ2) is 7.58. The van der Waals surface area contributed by atoms with E-state index in [0.29, 0.717) is 16.9 Å². The molecule has 1 aromatic carbocycles. The number of ether oxygens (including phenoxy) is 1. The lowest BCUT2D eigenvalue weighted by Crippen LogP contribution is -2.25. The van der Waals surface area contributed by atoms with Gasteiger partial charge in [0.1, 0.15) is 17.2 Å². The highest BCUT2D eigenvalue weighted by Gasteiger charge is 2.19. The van der Waals surface area contributed by atoms with E-state index in [1.54, 1.807) is 41.4 Å². The number of aromatic nitrogens is 2. The molecule has 0 amide bonds. The first-order valence-corrected chi connectivity index (χ1v) is 7.87. The van der Waals surface area contributed by atoms with Crippen LogP contribution in [0.25, 0.3) is 23.5 Å². The normalized spacial score (nSPS) is 10.9. The smallest absolute Gasteiger partial charge is 0.357 e. The Morgan fingerprint density at radius 1 is 1.14 bits per heavy atom. The van der Waals surface area contributed by atoms with Crippen molar-refractivity contribution in [2.24, 2.45) is 0 Å². The maximum absolute atomic E-state index is 11.9. The van der Waals surface area contributed by atoms with Crippen molar-refractivity contribution < 1.29 is 18.9 Å². The monoisotopic (exact) mass is 383 g/mol. The second-order valence-electron chi connectivity index (χ2n) is 5.50. The molecule has 2 aromatic heterocycles. The highest BCUT2D eigenvalue weighted by Crippen LogP contribution is 2.27. The zero-order valence-corrected chi connectivity index (χ0v) is 14.4. The Balaban J connectivity index is 1.98. The molecule has 10 heteroatoms. The molecule has 0 aliphatic rings. The number of H-pyrrole nitrogens is 2. The standard InChI is InChI=1S/C18H13N3O7/c1-27-17(23)12-5-3-2-4-11(12)14-9-7-10(28-14)6-8-13-15(21(25)26)16(22)20-18(24)19-13/h2-9H,1H3,(H2,19,20,22,24). The van der Waals surface area contributed by atoms with Gasteiger partial charge in [-0.15, -0.1) is 0 Å². The fraction of sp³-hybridized carbons (Fsp3) is 0.0556. The van der Waals surface area contributed by atoms with Crippen LogP contribution in [-0.2, 0) is 4.74 Å². The lowest BCUT2D eigenvalue weighted by Gasteiger charge is -2.04. The third-order valence-corrected chi connectivity index (χ3v) is 3.77. The van der Waals surface area contributed by atoms with Crippen LogP contribution in [-0.4, -0.2) is 28.0 Å². The summed E-state index contributed by atoms with van der Waals surface area (Å²) >= 11 is 0. The number of carbonyl (C=O) groups is 1. The Bertz CT molecular complexity index is 1200. The maximum Gasteiger partial charge on any atom is 0.357 e. The van der Waals surface area contributed by atoms with Crippen LogP contribution in [0.3, 0.4) is 0 Å². The summed E-state index contributed by atoms with van der Waals surface area (Å²) in [6.07, 6.45) is 2.53. The van der Waals surface area contributed by atoms with E-state index in [4.69, 9.17) is 9.15 Å². The summed E-state index contributed by atoms with van der Waals surface area (Å²) in [4.78, 5) is 49.0. The number of aromatic amines is 2. The molecule has 2 N–H and O–H groups in total. The van der Waals surface area contributed by atoms with Crippen molar-refractivity contribution in [2.45, 2.75) is 0 Å². The first-order valence-electron chi connectivity index (χ1n) is 7.87. The highest BCUT2D eigenvalue weighted by atomic mass is 16.6. The van der Waals surface area contributed by atoms with Crippen molar-refractivity contribution in [3.63, 3.8) is 0 Å². The third-order valence-electron chi connectivity index (χ3n) is 3.77. The number of methoxy groups -OCH3 is 1. The molecule has 0 saturated heterocycles. The first-order chi connectivity index (χ1) is 13.4. The van der Waals surface area contributed by atoms with Crippen molar-refractivity contribution in [3.05, 3.63) is 84.4 Å². The van der Waals surface area contributed by atoms with E-state index in [0.717, 1.165) is 0 Å². The van der Waals surface area contributed by atoms with Gasteiger partial charge in [-0.05, 0) is 30.4 Å². The molecule has 0 bridgehead atoms. The van der Waals surface area contributed by atoms with Crippen LogP contribution < -0.4 is 11.2 Å². The Morgan fingerprint density at radius 3 is 2.61 bits per heavy atom. The molecule has 3 aromatic rings. The third kappa shape index (κ3) is 3.65. The Morgan fingerprint density at radius 2 is 1.89 bits per heavy atom. The van der Waals surface area contributed by atoms with Crippen molar-refractivity contribution >= 4 is 23.8 Å². The molecule has 0 atom stereocenters. The van der Waals surface area contributed by atoms with Gasteiger partial charge in [0, 0.05) is 5.56 Å². The van der Waals surface area contributed by atoms with E-state index in [9.17, 15) is 24.5 Å². The average Bonchev–Trinajstić information content (AvgIpc) is 3.13. The van der Waals surface area contributed by atoms with E-state index in [1.807, 2.05) is 0 Å². The van der Waals surface area contributed by atoms with Gasteiger partial charge < -0.3 is 14.1 Å². The van der Waals surface area contributed by atoms with Crippen LogP contribution in [0.4, 0.5) is 5.69 Å². The summed E-state index contributed by atoms with van der Waals surface area (Å²) in [7, 11) is 1.27. The fourth-order valence-corrected chi connectivity index (χ4v) is 2.54. The van der Waals surface area contributed by atoms with Crippen molar-refractivity contribution in [3.8, 4) is 11.3 Å². The van der Waals surface area contributed by atoms with Gasteiger partial charge in [0.05, 0.1) is 17.6 Å². The molecular formula is C18H13N3O7. The number of rotatable bonds is 5. The van der Waals surface area contributed by atoms with Crippen LogP contribution in [0.5, 0.6) is 0 Å². The van der Waals surface area contributed by atoms with Gasteiger partial charge in [-0.3, -0.25) is 19.9 Å². The lowest BCUT2D eigenvalue weighted by molar-refractivity contribution is -0.386. The maximum atomic E-state index is 11.9. The molecule has 0 aliphatic carbocycles. The van der Waals surface area contributed by atoms with E-state index in [2.05, 4.69) is 4.98 Å². The minimum Gasteiger partial charge on any atom is -0.465 e. The minimum atomic E-state index is -1.11. The fourth-order valence-electron chi connectivity index (χ4n) is 2.54. The van der Waals surface area contributed by atoms with E-state index in [1.165, 1.54) is 19.3 Å². The van der Waals surface area contributed by atoms with Gasteiger partial charge in [-0.2, -0.15) is 0 Å². The predicted octanol–water partition coefficient (Wildman–Crippen LogP) is 2.19. The van der Waals surface area contributed by atoms with Gasteiger partial charge in [0.2, 0.25) is 0 Å². The summed E-state index contributed by atoms with van der Waals surface area (Å²) < 4.78 is 10.4. The van der Waals surface area contributed by atoms with Crippen molar-refractivity contribution in [1.29, 1.82) is 0 Å². The number of hydrogen-bond acceptors (Lipinski definition) is 7. The van der Waals surface area contributed by atoms with Crippen LogP contribution in [0.1, 0.15) is 21.8 Å².